The van der Waals surface area contributed by atoms with Crippen LogP contribution < -0.4 is 9.47 Å². The smallest absolute Gasteiger partial charge is 0.338 e. The standard InChI is InChI=1S/C22H27NO5/c1-22(2,3)23(14-16-9-7-6-8-10-16)20(24)15-28-21(25)17-11-18(26-4)13-19(12-17)27-5/h6-13H,14-15H2,1-5H3. The topological polar surface area (TPSA) is 65.1 Å². The fourth-order valence-electron chi connectivity index (χ4n) is 2.68. The SMILES string of the molecule is COc1cc(OC)cc(C(=O)OCC(=O)N(Cc2ccccc2)C(C)(C)C)c1. The summed E-state index contributed by atoms with van der Waals surface area (Å²) >= 11 is 0. The molecule has 0 fully saturated rings. The number of methoxy groups -OCH3 is 2. The highest BCUT2D eigenvalue weighted by Crippen LogP contribution is 2.23. The number of benzene rings is 2. The Morgan fingerprint density at radius 3 is 2.00 bits per heavy atom. The Balaban J connectivity index is 2.08. The molecule has 0 heterocycles. The third-order valence-electron chi connectivity index (χ3n) is 4.21. The van der Waals surface area contributed by atoms with Crippen molar-refractivity contribution in [1.82, 2.24) is 4.90 Å². The van der Waals surface area contributed by atoms with Gasteiger partial charge in [0.2, 0.25) is 0 Å². The number of hydrogen-bond acceptors (Lipinski definition) is 5. The van der Waals surface area contributed by atoms with Crippen LogP contribution in [0.2, 0.25) is 0 Å². The van der Waals surface area contributed by atoms with Crippen molar-refractivity contribution in [3.63, 3.8) is 0 Å². The first kappa shape index (κ1) is 21.3. The predicted molar refractivity (Wildman–Crippen MR) is 107 cm³/mol. The molecule has 0 radical (unpaired) electrons. The molecule has 0 N–H and O–H groups in total. The van der Waals surface area contributed by atoms with Crippen LogP contribution in [0.5, 0.6) is 11.5 Å². The van der Waals surface area contributed by atoms with E-state index in [2.05, 4.69) is 0 Å². The first-order valence-electron chi connectivity index (χ1n) is 8.99. The van der Waals surface area contributed by atoms with Crippen molar-refractivity contribution < 1.29 is 23.8 Å². The summed E-state index contributed by atoms with van der Waals surface area (Å²) in [6.07, 6.45) is 0. The van der Waals surface area contributed by atoms with Crippen LogP contribution in [-0.2, 0) is 16.1 Å². The van der Waals surface area contributed by atoms with E-state index in [4.69, 9.17) is 14.2 Å². The fourth-order valence-corrected chi connectivity index (χ4v) is 2.68. The van der Waals surface area contributed by atoms with E-state index in [9.17, 15) is 9.59 Å². The van der Waals surface area contributed by atoms with E-state index in [0.717, 1.165) is 5.56 Å². The van der Waals surface area contributed by atoms with Gasteiger partial charge in [-0.05, 0) is 38.5 Å². The molecule has 0 atom stereocenters. The van der Waals surface area contributed by atoms with E-state index in [1.165, 1.54) is 14.2 Å². The second kappa shape index (κ2) is 9.26. The van der Waals surface area contributed by atoms with Gasteiger partial charge in [0.25, 0.3) is 5.91 Å². The van der Waals surface area contributed by atoms with E-state index < -0.39 is 11.5 Å². The molecule has 0 spiro atoms. The minimum atomic E-state index is -0.612. The van der Waals surface area contributed by atoms with Gasteiger partial charge < -0.3 is 19.1 Å². The predicted octanol–water partition coefficient (Wildman–Crippen LogP) is 3.69. The maximum absolute atomic E-state index is 12.8. The lowest BCUT2D eigenvalue weighted by Crippen LogP contribution is -2.46. The van der Waals surface area contributed by atoms with Gasteiger partial charge in [-0.1, -0.05) is 30.3 Å². The number of hydrogen-bond donors (Lipinski definition) is 0. The molecule has 2 rings (SSSR count). The monoisotopic (exact) mass is 385 g/mol. The van der Waals surface area contributed by atoms with E-state index in [1.807, 2.05) is 51.1 Å². The summed E-state index contributed by atoms with van der Waals surface area (Å²) in [5.41, 5.74) is 0.849. The lowest BCUT2D eigenvalue weighted by atomic mass is 10.0. The number of esters is 1. The molecule has 0 saturated carbocycles. The molecule has 0 aromatic heterocycles. The highest BCUT2D eigenvalue weighted by molar-refractivity contribution is 5.92. The maximum Gasteiger partial charge on any atom is 0.338 e. The van der Waals surface area contributed by atoms with Crippen LogP contribution in [0, 0.1) is 0 Å². The molecule has 2 aromatic rings. The minimum Gasteiger partial charge on any atom is -0.497 e. The van der Waals surface area contributed by atoms with Crippen molar-refractivity contribution in [3.05, 3.63) is 59.7 Å². The average molecular weight is 385 g/mol. The van der Waals surface area contributed by atoms with Gasteiger partial charge in [-0.25, -0.2) is 4.79 Å². The molecular weight excluding hydrogens is 358 g/mol. The molecule has 6 heteroatoms. The third kappa shape index (κ3) is 5.74. The molecule has 150 valence electrons. The molecule has 0 saturated heterocycles. The number of rotatable bonds is 7. The van der Waals surface area contributed by atoms with Crippen molar-refractivity contribution in [2.24, 2.45) is 0 Å². The highest BCUT2D eigenvalue weighted by atomic mass is 16.5. The van der Waals surface area contributed by atoms with Crippen LogP contribution in [0.1, 0.15) is 36.7 Å². The van der Waals surface area contributed by atoms with Crippen LogP contribution in [0.25, 0.3) is 0 Å². The maximum atomic E-state index is 12.8. The van der Waals surface area contributed by atoms with Crippen molar-refractivity contribution in [3.8, 4) is 11.5 Å². The zero-order valence-electron chi connectivity index (χ0n) is 17.0. The van der Waals surface area contributed by atoms with Crippen molar-refractivity contribution in [2.45, 2.75) is 32.9 Å². The molecule has 28 heavy (non-hydrogen) atoms. The molecule has 1 amide bonds. The Kier molecular flexibility index (Phi) is 7.04. The molecule has 0 aliphatic carbocycles. The summed E-state index contributed by atoms with van der Waals surface area (Å²) in [7, 11) is 3.00. The Hall–Kier alpha value is -3.02. The van der Waals surface area contributed by atoms with Crippen LogP contribution in [0.3, 0.4) is 0 Å². The molecule has 0 aliphatic heterocycles. The van der Waals surface area contributed by atoms with E-state index in [1.54, 1.807) is 23.1 Å². The summed E-state index contributed by atoms with van der Waals surface area (Å²) in [6, 6.07) is 14.4. The zero-order chi connectivity index (χ0) is 20.7. The van der Waals surface area contributed by atoms with E-state index >= 15 is 0 Å². The molecule has 0 aliphatic rings. The molecule has 0 bridgehead atoms. The van der Waals surface area contributed by atoms with Gasteiger partial charge in [-0.2, -0.15) is 0 Å². The lowest BCUT2D eigenvalue weighted by Gasteiger charge is -2.35. The van der Waals surface area contributed by atoms with Gasteiger partial charge in [-0.15, -0.1) is 0 Å². The van der Waals surface area contributed by atoms with Crippen molar-refractivity contribution >= 4 is 11.9 Å². The first-order chi connectivity index (χ1) is 13.2. The summed E-state index contributed by atoms with van der Waals surface area (Å²) in [5.74, 6) is 0.0646. The Morgan fingerprint density at radius 1 is 0.929 bits per heavy atom. The Bertz CT molecular complexity index is 789. The largest absolute Gasteiger partial charge is 0.497 e. The lowest BCUT2D eigenvalue weighted by molar-refractivity contribution is -0.140. The van der Waals surface area contributed by atoms with Gasteiger partial charge in [0.15, 0.2) is 6.61 Å². The number of amides is 1. The second-order valence-corrected chi connectivity index (χ2v) is 7.31. The number of carbonyl (C=O) groups is 2. The third-order valence-corrected chi connectivity index (χ3v) is 4.21. The minimum absolute atomic E-state index is 0.259. The molecule has 6 nitrogen and oxygen atoms in total. The molecule has 2 aromatic carbocycles. The van der Waals surface area contributed by atoms with Gasteiger partial charge in [0.05, 0.1) is 19.8 Å². The zero-order valence-corrected chi connectivity index (χ0v) is 17.0. The normalized spacial score (nSPS) is 10.9. The summed E-state index contributed by atoms with van der Waals surface area (Å²) in [6.45, 7) is 5.93. The summed E-state index contributed by atoms with van der Waals surface area (Å²) in [5, 5.41) is 0. The first-order valence-corrected chi connectivity index (χ1v) is 8.99. The Labute approximate surface area is 166 Å². The van der Waals surface area contributed by atoms with Gasteiger partial charge in [-0.3, -0.25) is 4.79 Å². The Morgan fingerprint density at radius 2 is 1.50 bits per heavy atom. The quantitative estimate of drug-likeness (QED) is 0.680. The van der Waals surface area contributed by atoms with Gasteiger partial charge >= 0.3 is 5.97 Å². The van der Waals surface area contributed by atoms with Crippen LogP contribution >= 0.6 is 0 Å². The average Bonchev–Trinajstić information content (AvgIpc) is 2.69. The fraction of sp³-hybridized carbons (Fsp3) is 0.364. The van der Waals surface area contributed by atoms with Crippen LogP contribution in [0.15, 0.2) is 48.5 Å². The van der Waals surface area contributed by atoms with Gasteiger partial charge in [0, 0.05) is 18.2 Å². The number of carbonyl (C=O) groups excluding carboxylic acids is 2. The summed E-state index contributed by atoms with van der Waals surface area (Å²) < 4.78 is 15.6. The second-order valence-electron chi connectivity index (χ2n) is 7.31. The van der Waals surface area contributed by atoms with Crippen molar-refractivity contribution in [1.29, 1.82) is 0 Å². The number of ether oxygens (including phenoxy) is 3. The van der Waals surface area contributed by atoms with Crippen LogP contribution in [-0.4, -0.2) is 43.1 Å². The highest BCUT2D eigenvalue weighted by Gasteiger charge is 2.27. The molecular formula is C22H27NO5. The number of nitrogens with zero attached hydrogens (tertiary/aromatic N) is 1. The van der Waals surface area contributed by atoms with Crippen LogP contribution in [0.4, 0.5) is 0 Å². The van der Waals surface area contributed by atoms with E-state index in [-0.39, 0.29) is 18.1 Å². The van der Waals surface area contributed by atoms with E-state index in [0.29, 0.717) is 18.0 Å². The molecule has 0 unspecified atom stereocenters. The summed E-state index contributed by atoms with van der Waals surface area (Å²) in [4.78, 5) is 26.9. The van der Waals surface area contributed by atoms with Crippen molar-refractivity contribution in [2.75, 3.05) is 20.8 Å². The van der Waals surface area contributed by atoms with Gasteiger partial charge in [0.1, 0.15) is 11.5 Å².